The van der Waals surface area contributed by atoms with E-state index >= 15 is 0 Å². The van der Waals surface area contributed by atoms with E-state index < -0.39 is 10.8 Å². The summed E-state index contributed by atoms with van der Waals surface area (Å²) in [4.78, 5) is 21.8. The molecule has 0 aliphatic heterocycles. The third-order valence-electron chi connectivity index (χ3n) is 2.13. The van der Waals surface area contributed by atoms with Crippen molar-refractivity contribution in [2.24, 2.45) is 0 Å². The number of likely N-dealkylation sites (N-methyl/N-ethyl adjacent to an activating group) is 1. The number of benzene rings is 1. The Hall–Kier alpha value is -1.37. The van der Waals surface area contributed by atoms with Gasteiger partial charge in [0.2, 0.25) is 0 Å². The Morgan fingerprint density at radius 1 is 1.39 bits per heavy atom. The summed E-state index contributed by atoms with van der Waals surface area (Å²) in [5.41, 5.74) is -0.282. The van der Waals surface area contributed by atoms with Crippen molar-refractivity contribution in [3.63, 3.8) is 0 Å². The summed E-state index contributed by atoms with van der Waals surface area (Å²) in [6.45, 7) is 0.956. The molecule has 0 saturated carbocycles. The molecular formula is C10H11Cl2N3O3. The maximum atomic E-state index is 11.8. The van der Waals surface area contributed by atoms with Gasteiger partial charge in [0, 0.05) is 25.2 Å². The predicted molar refractivity (Wildman–Crippen MR) is 69.4 cm³/mol. The van der Waals surface area contributed by atoms with Gasteiger partial charge in [-0.3, -0.25) is 14.9 Å². The van der Waals surface area contributed by atoms with Crippen LogP contribution in [0.25, 0.3) is 0 Å². The van der Waals surface area contributed by atoms with Crippen LogP contribution in [0.3, 0.4) is 0 Å². The Bertz CT molecular complexity index is 480. The smallest absolute Gasteiger partial charge is 0.271 e. The Morgan fingerprint density at radius 2 is 2.06 bits per heavy atom. The first-order valence-electron chi connectivity index (χ1n) is 5.03. The number of nitrogens with one attached hydrogen (secondary N) is 2. The van der Waals surface area contributed by atoms with E-state index in [2.05, 4.69) is 10.6 Å². The van der Waals surface area contributed by atoms with Crippen LogP contribution in [-0.2, 0) is 0 Å². The number of nitrogens with zero attached hydrogens (tertiary/aromatic N) is 1. The Labute approximate surface area is 113 Å². The van der Waals surface area contributed by atoms with Gasteiger partial charge in [-0.05, 0) is 7.05 Å². The lowest BCUT2D eigenvalue weighted by Crippen LogP contribution is -2.30. The minimum absolute atomic E-state index is 0.00391. The molecule has 1 amide bonds. The lowest BCUT2D eigenvalue weighted by Gasteiger charge is -2.07. The molecule has 0 bridgehead atoms. The molecule has 8 heteroatoms. The SMILES string of the molecule is CNCCNC(=O)c1cc([N+](=O)[O-])cc(Cl)c1Cl. The van der Waals surface area contributed by atoms with Gasteiger partial charge in [0.25, 0.3) is 11.6 Å². The maximum absolute atomic E-state index is 11.8. The molecule has 1 rings (SSSR count). The third kappa shape index (κ3) is 3.56. The van der Waals surface area contributed by atoms with E-state index in [-0.39, 0.29) is 21.3 Å². The number of carbonyl (C=O) groups excluding carboxylic acids is 1. The minimum atomic E-state index is -0.632. The van der Waals surface area contributed by atoms with Crippen molar-refractivity contribution >= 4 is 34.8 Å². The molecule has 0 saturated heterocycles. The summed E-state index contributed by atoms with van der Waals surface area (Å²) in [6, 6.07) is 2.21. The maximum Gasteiger partial charge on any atom is 0.271 e. The van der Waals surface area contributed by atoms with Gasteiger partial charge in [0.15, 0.2) is 0 Å². The van der Waals surface area contributed by atoms with Crippen LogP contribution in [0.2, 0.25) is 10.0 Å². The average molecular weight is 292 g/mol. The molecule has 0 spiro atoms. The average Bonchev–Trinajstić information content (AvgIpc) is 2.32. The van der Waals surface area contributed by atoms with Crippen LogP contribution in [0.1, 0.15) is 10.4 Å². The number of hydrogen-bond donors (Lipinski definition) is 2. The van der Waals surface area contributed by atoms with Crippen LogP contribution in [0, 0.1) is 10.1 Å². The first kappa shape index (κ1) is 14.7. The molecule has 1 aromatic carbocycles. The van der Waals surface area contributed by atoms with Crippen LogP contribution < -0.4 is 10.6 Å². The quantitative estimate of drug-likeness (QED) is 0.493. The van der Waals surface area contributed by atoms with Crippen LogP contribution in [0.5, 0.6) is 0 Å². The van der Waals surface area contributed by atoms with Gasteiger partial charge >= 0.3 is 0 Å². The van der Waals surface area contributed by atoms with E-state index in [0.29, 0.717) is 13.1 Å². The fraction of sp³-hybridized carbons (Fsp3) is 0.300. The van der Waals surface area contributed by atoms with Gasteiger partial charge in [-0.15, -0.1) is 0 Å². The van der Waals surface area contributed by atoms with Crippen LogP contribution >= 0.6 is 23.2 Å². The van der Waals surface area contributed by atoms with E-state index in [0.717, 1.165) is 12.1 Å². The summed E-state index contributed by atoms with van der Waals surface area (Å²) in [6.07, 6.45) is 0. The Kier molecular flexibility index (Phi) is 5.33. The lowest BCUT2D eigenvalue weighted by molar-refractivity contribution is -0.384. The number of non-ortho nitro benzene ring substituents is 1. The number of rotatable bonds is 5. The predicted octanol–water partition coefficient (Wildman–Crippen LogP) is 1.85. The van der Waals surface area contributed by atoms with Gasteiger partial charge in [-0.25, -0.2) is 0 Å². The standard InChI is InChI=1S/C10H11Cl2N3O3/c1-13-2-3-14-10(16)7-4-6(15(17)18)5-8(11)9(7)12/h4-5,13H,2-3H2,1H3,(H,14,16). The second-order valence-electron chi connectivity index (χ2n) is 3.41. The zero-order valence-electron chi connectivity index (χ0n) is 9.50. The topological polar surface area (TPSA) is 84.3 Å². The summed E-state index contributed by atoms with van der Waals surface area (Å²) in [5, 5.41) is 16.1. The van der Waals surface area contributed by atoms with Crippen molar-refractivity contribution in [1.82, 2.24) is 10.6 Å². The second-order valence-corrected chi connectivity index (χ2v) is 4.19. The largest absolute Gasteiger partial charge is 0.351 e. The molecule has 0 aliphatic carbocycles. The molecule has 0 atom stereocenters. The molecular weight excluding hydrogens is 281 g/mol. The first-order chi connectivity index (χ1) is 8.47. The lowest BCUT2D eigenvalue weighted by atomic mass is 10.2. The van der Waals surface area contributed by atoms with Crippen molar-refractivity contribution in [3.8, 4) is 0 Å². The van der Waals surface area contributed by atoms with Crippen molar-refractivity contribution in [3.05, 3.63) is 37.9 Å². The molecule has 6 nitrogen and oxygen atoms in total. The number of hydrogen-bond acceptors (Lipinski definition) is 4. The highest BCUT2D eigenvalue weighted by Gasteiger charge is 2.18. The third-order valence-corrected chi connectivity index (χ3v) is 2.93. The monoisotopic (exact) mass is 291 g/mol. The highest BCUT2D eigenvalue weighted by molar-refractivity contribution is 6.44. The van der Waals surface area contributed by atoms with Crippen LogP contribution in [0.4, 0.5) is 5.69 Å². The van der Waals surface area contributed by atoms with E-state index in [1.54, 1.807) is 7.05 Å². The van der Waals surface area contributed by atoms with Gasteiger partial charge in [-0.2, -0.15) is 0 Å². The fourth-order valence-corrected chi connectivity index (χ4v) is 1.65. The first-order valence-corrected chi connectivity index (χ1v) is 5.79. The van der Waals surface area contributed by atoms with Crippen LogP contribution in [0.15, 0.2) is 12.1 Å². The molecule has 2 N–H and O–H groups in total. The van der Waals surface area contributed by atoms with E-state index in [4.69, 9.17) is 23.2 Å². The molecule has 0 aliphatic rings. The number of amides is 1. The van der Waals surface area contributed by atoms with Crippen molar-refractivity contribution in [2.75, 3.05) is 20.1 Å². The molecule has 0 fully saturated rings. The normalized spacial score (nSPS) is 10.2. The molecule has 18 heavy (non-hydrogen) atoms. The summed E-state index contributed by atoms with van der Waals surface area (Å²) < 4.78 is 0. The minimum Gasteiger partial charge on any atom is -0.351 e. The second kappa shape index (κ2) is 6.53. The van der Waals surface area contributed by atoms with Crippen LogP contribution in [-0.4, -0.2) is 31.0 Å². The van der Waals surface area contributed by atoms with Crippen molar-refractivity contribution in [2.45, 2.75) is 0 Å². The van der Waals surface area contributed by atoms with E-state index in [1.807, 2.05) is 0 Å². The number of carbonyl (C=O) groups is 1. The summed E-state index contributed by atoms with van der Waals surface area (Å²) in [5.74, 6) is -0.499. The fourth-order valence-electron chi connectivity index (χ4n) is 1.24. The highest BCUT2D eigenvalue weighted by Crippen LogP contribution is 2.30. The summed E-state index contributed by atoms with van der Waals surface area (Å²) >= 11 is 11.6. The highest BCUT2D eigenvalue weighted by atomic mass is 35.5. The number of nitro groups is 1. The zero-order valence-corrected chi connectivity index (χ0v) is 11.0. The number of halogens is 2. The molecule has 98 valence electrons. The molecule has 0 aromatic heterocycles. The molecule has 0 unspecified atom stereocenters. The van der Waals surface area contributed by atoms with Crippen molar-refractivity contribution < 1.29 is 9.72 Å². The van der Waals surface area contributed by atoms with Gasteiger partial charge < -0.3 is 10.6 Å². The van der Waals surface area contributed by atoms with Crippen molar-refractivity contribution in [1.29, 1.82) is 0 Å². The molecule has 1 aromatic rings. The van der Waals surface area contributed by atoms with E-state index in [9.17, 15) is 14.9 Å². The summed E-state index contributed by atoms with van der Waals surface area (Å²) in [7, 11) is 1.74. The molecule has 0 heterocycles. The molecule has 0 radical (unpaired) electrons. The Balaban J connectivity index is 2.99. The Morgan fingerprint density at radius 3 is 2.61 bits per heavy atom. The number of nitro benzene ring substituents is 1. The zero-order chi connectivity index (χ0) is 13.7. The van der Waals surface area contributed by atoms with Gasteiger partial charge in [0.05, 0.1) is 20.5 Å². The van der Waals surface area contributed by atoms with Gasteiger partial charge in [-0.1, -0.05) is 23.2 Å². The van der Waals surface area contributed by atoms with Gasteiger partial charge in [0.1, 0.15) is 0 Å². The van der Waals surface area contributed by atoms with E-state index in [1.165, 1.54) is 0 Å².